The van der Waals surface area contributed by atoms with Crippen molar-refractivity contribution in [2.45, 2.75) is 154 Å². The van der Waals surface area contributed by atoms with E-state index >= 15 is 0 Å². The highest BCUT2D eigenvalue weighted by molar-refractivity contribution is 7.47. The summed E-state index contributed by atoms with van der Waals surface area (Å²) in [7, 11) is -4.64. The van der Waals surface area contributed by atoms with Crippen LogP contribution in [0, 0.1) is 0 Å². The molecular weight excluding hydrogens is 719 g/mol. The minimum Gasteiger partial charge on any atom is -0.462 e. The van der Waals surface area contributed by atoms with Crippen molar-refractivity contribution in [3.05, 3.63) is 85.1 Å². The van der Waals surface area contributed by atoms with Gasteiger partial charge in [0.1, 0.15) is 12.7 Å². The maximum absolute atomic E-state index is 12.6. The average Bonchev–Trinajstić information content (AvgIpc) is 3.17. The van der Waals surface area contributed by atoms with Crippen LogP contribution < -0.4 is 0 Å². The lowest BCUT2D eigenvalue weighted by Crippen LogP contribution is -2.29. The molecule has 11 heteroatoms. The lowest BCUT2D eigenvalue weighted by atomic mass is 10.1. The normalized spacial score (nSPS) is 14.8. The molecule has 0 aromatic heterocycles. The SMILES string of the molecule is CCCCC/C=C/C/C=C/C/C=C/C/C=C/CCCC(=O)OC[C@H](COP(=O)(O)OC[C@@H](O)CO)OC(=O)CCCC/C=C/C/C=C/C/C=C/CCCCC. The number of ether oxygens (including phenoxy) is 2. The highest BCUT2D eigenvalue weighted by Crippen LogP contribution is 2.43. The standard InChI is InChI=1S/C44H73O10P/c1-3-5-7-9-11-13-15-17-19-20-22-23-25-27-29-31-33-35-43(47)51-39-42(40-53-55(49,50)52-38-41(46)37-45)54-44(48)36-34-32-30-28-26-24-21-18-16-14-12-10-8-6-4-2/h11-14,17-19,21-23,26-29,41-42,45-46H,3-10,15-16,20,24-25,30-40H2,1-2H3,(H,49,50)/b13-11+,14-12+,19-17+,21-18+,23-22+,28-26+,29-27+/t41-,42+/m0/s1. The molecule has 0 aliphatic rings. The molecule has 0 radical (unpaired) electrons. The zero-order chi connectivity index (χ0) is 40.5. The Kier molecular flexibility index (Phi) is 37.3. The van der Waals surface area contributed by atoms with Crippen LogP contribution in [0.2, 0.25) is 0 Å². The van der Waals surface area contributed by atoms with E-state index in [9.17, 15) is 24.2 Å². The molecule has 314 valence electrons. The molecule has 0 saturated carbocycles. The number of aliphatic hydroxyl groups is 2. The smallest absolute Gasteiger partial charge is 0.462 e. The summed E-state index contributed by atoms with van der Waals surface area (Å²) in [6.07, 6.45) is 45.6. The van der Waals surface area contributed by atoms with E-state index in [1.807, 2.05) is 6.08 Å². The minimum atomic E-state index is -4.64. The summed E-state index contributed by atoms with van der Waals surface area (Å²) in [4.78, 5) is 34.9. The number of unbranched alkanes of at least 4 members (excludes halogenated alkanes) is 9. The summed E-state index contributed by atoms with van der Waals surface area (Å²) in [5.41, 5.74) is 0. The predicted molar refractivity (Wildman–Crippen MR) is 223 cm³/mol. The van der Waals surface area contributed by atoms with Gasteiger partial charge >= 0.3 is 19.8 Å². The van der Waals surface area contributed by atoms with Gasteiger partial charge in [0.25, 0.3) is 0 Å². The number of phosphoric acid groups is 1. The molecule has 0 heterocycles. The minimum absolute atomic E-state index is 0.119. The fraction of sp³-hybridized carbons (Fsp3) is 0.636. The van der Waals surface area contributed by atoms with Crippen LogP contribution >= 0.6 is 7.82 Å². The number of rotatable bonds is 37. The molecule has 0 aliphatic heterocycles. The molecule has 0 aromatic carbocycles. The quantitative estimate of drug-likeness (QED) is 0.0240. The third-order valence-corrected chi connectivity index (χ3v) is 8.97. The van der Waals surface area contributed by atoms with Crippen molar-refractivity contribution in [3.63, 3.8) is 0 Å². The summed E-state index contributed by atoms with van der Waals surface area (Å²) in [5, 5.41) is 18.3. The average molecular weight is 793 g/mol. The monoisotopic (exact) mass is 792 g/mol. The number of hydrogen-bond acceptors (Lipinski definition) is 9. The second kappa shape index (κ2) is 39.4. The van der Waals surface area contributed by atoms with Crippen LogP contribution in [0.25, 0.3) is 0 Å². The molecule has 0 spiro atoms. The van der Waals surface area contributed by atoms with Gasteiger partial charge in [-0.15, -0.1) is 0 Å². The molecule has 0 rings (SSSR count). The first kappa shape index (κ1) is 52.2. The summed E-state index contributed by atoms with van der Waals surface area (Å²) in [6.45, 7) is 2.19. The topological polar surface area (TPSA) is 149 Å². The number of allylic oxidation sites excluding steroid dienone is 14. The molecule has 0 fully saturated rings. The van der Waals surface area contributed by atoms with Crippen LogP contribution in [0.5, 0.6) is 0 Å². The highest BCUT2D eigenvalue weighted by atomic mass is 31.2. The van der Waals surface area contributed by atoms with E-state index in [0.717, 1.165) is 57.8 Å². The Labute approximate surface area is 332 Å². The third kappa shape index (κ3) is 39.2. The summed E-state index contributed by atoms with van der Waals surface area (Å²) >= 11 is 0. The maximum Gasteiger partial charge on any atom is 0.472 e. The number of esters is 2. The molecule has 0 amide bonds. The Bertz CT molecular complexity index is 1190. The van der Waals surface area contributed by atoms with Gasteiger partial charge < -0.3 is 24.6 Å². The molecule has 3 N–H and O–H groups in total. The first-order valence-electron chi connectivity index (χ1n) is 20.5. The van der Waals surface area contributed by atoms with Gasteiger partial charge in [-0.3, -0.25) is 18.6 Å². The van der Waals surface area contributed by atoms with E-state index in [1.54, 1.807) is 0 Å². The van der Waals surface area contributed by atoms with Crippen molar-refractivity contribution in [3.8, 4) is 0 Å². The largest absolute Gasteiger partial charge is 0.472 e. The molecular formula is C44H73O10P. The van der Waals surface area contributed by atoms with Gasteiger partial charge in [-0.1, -0.05) is 125 Å². The van der Waals surface area contributed by atoms with E-state index in [-0.39, 0.29) is 19.4 Å². The highest BCUT2D eigenvalue weighted by Gasteiger charge is 2.27. The van der Waals surface area contributed by atoms with Crippen LogP contribution in [0.3, 0.4) is 0 Å². The van der Waals surface area contributed by atoms with Gasteiger partial charge in [-0.2, -0.15) is 0 Å². The Morgan fingerprint density at radius 3 is 1.40 bits per heavy atom. The fourth-order valence-electron chi connectivity index (χ4n) is 4.81. The van der Waals surface area contributed by atoms with Gasteiger partial charge in [0.05, 0.1) is 19.8 Å². The van der Waals surface area contributed by atoms with Gasteiger partial charge in [0, 0.05) is 12.8 Å². The second-order valence-corrected chi connectivity index (χ2v) is 14.8. The van der Waals surface area contributed by atoms with E-state index < -0.39 is 51.8 Å². The zero-order valence-electron chi connectivity index (χ0n) is 33.9. The van der Waals surface area contributed by atoms with Crippen LogP contribution in [-0.2, 0) is 32.7 Å². The Morgan fingerprint density at radius 1 is 0.545 bits per heavy atom. The van der Waals surface area contributed by atoms with Crippen LogP contribution in [0.4, 0.5) is 0 Å². The second-order valence-electron chi connectivity index (χ2n) is 13.3. The van der Waals surface area contributed by atoms with Crippen molar-refractivity contribution in [2.75, 3.05) is 26.4 Å². The van der Waals surface area contributed by atoms with Crippen molar-refractivity contribution < 1.29 is 47.8 Å². The summed E-state index contributed by atoms with van der Waals surface area (Å²) < 4.78 is 32.5. The first-order chi connectivity index (χ1) is 26.7. The molecule has 3 atom stereocenters. The third-order valence-electron chi connectivity index (χ3n) is 8.02. The van der Waals surface area contributed by atoms with Crippen LogP contribution in [0.1, 0.15) is 142 Å². The zero-order valence-corrected chi connectivity index (χ0v) is 34.7. The molecule has 0 aromatic rings. The van der Waals surface area contributed by atoms with Crippen LogP contribution in [0.15, 0.2) is 85.1 Å². The number of carbonyl (C=O) groups is 2. The van der Waals surface area contributed by atoms with Gasteiger partial charge in [-0.25, -0.2) is 4.57 Å². The molecule has 10 nitrogen and oxygen atoms in total. The maximum atomic E-state index is 12.6. The molecule has 55 heavy (non-hydrogen) atoms. The fourth-order valence-corrected chi connectivity index (χ4v) is 5.60. The molecule has 1 unspecified atom stereocenters. The Morgan fingerprint density at radius 2 is 0.945 bits per heavy atom. The van der Waals surface area contributed by atoms with Gasteiger partial charge in [0.2, 0.25) is 0 Å². The van der Waals surface area contributed by atoms with Crippen molar-refractivity contribution >= 4 is 19.8 Å². The van der Waals surface area contributed by atoms with Crippen molar-refractivity contribution in [1.82, 2.24) is 0 Å². The predicted octanol–water partition coefficient (Wildman–Crippen LogP) is 10.7. The molecule has 0 bridgehead atoms. The summed E-state index contributed by atoms with van der Waals surface area (Å²) in [6, 6.07) is 0. The van der Waals surface area contributed by atoms with Crippen LogP contribution in [-0.4, -0.2) is 65.7 Å². The Balaban J connectivity index is 4.52. The van der Waals surface area contributed by atoms with Gasteiger partial charge in [-0.05, 0) is 89.9 Å². The Hall–Kier alpha value is -2.85. The lowest BCUT2D eigenvalue weighted by Gasteiger charge is -2.20. The summed E-state index contributed by atoms with van der Waals surface area (Å²) in [5.74, 6) is -1.05. The van der Waals surface area contributed by atoms with E-state index in [4.69, 9.17) is 19.1 Å². The number of carbonyl (C=O) groups excluding carboxylic acids is 2. The van der Waals surface area contributed by atoms with E-state index in [1.165, 1.54) is 38.5 Å². The van der Waals surface area contributed by atoms with Crippen molar-refractivity contribution in [2.24, 2.45) is 0 Å². The van der Waals surface area contributed by atoms with Crippen molar-refractivity contribution in [1.29, 1.82) is 0 Å². The molecule has 0 saturated heterocycles. The van der Waals surface area contributed by atoms with E-state index in [0.29, 0.717) is 19.3 Å². The number of hydrogen-bond donors (Lipinski definition) is 3. The van der Waals surface area contributed by atoms with Gasteiger partial charge in [0.15, 0.2) is 6.10 Å². The molecule has 0 aliphatic carbocycles. The first-order valence-corrected chi connectivity index (χ1v) is 22.0. The van der Waals surface area contributed by atoms with E-state index in [2.05, 4.69) is 97.4 Å². The number of aliphatic hydroxyl groups excluding tert-OH is 2. The number of phosphoric ester groups is 1. The lowest BCUT2D eigenvalue weighted by molar-refractivity contribution is -0.161.